The van der Waals surface area contributed by atoms with Crippen LogP contribution in [0.4, 0.5) is 0 Å². The highest BCUT2D eigenvalue weighted by Crippen LogP contribution is 2.31. The summed E-state index contributed by atoms with van der Waals surface area (Å²) in [6.45, 7) is 6.79. The predicted molar refractivity (Wildman–Crippen MR) is 82.7 cm³/mol. The molecule has 0 aromatic carbocycles. The molecule has 2 N–H and O–H groups in total. The summed E-state index contributed by atoms with van der Waals surface area (Å²) in [5, 5.41) is 0. The lowest BCUT2D eigenvalue weighted by Crippen LogP contribution is -2.45. The number of carbonyl (C=O) groups is 1. The number of hydrogen-bond acceptors (Lipinski definition) is 4. The summed E-state index contributed by atoms with van der Waals surface area (Å²) < 4.78 is 5.45. The molecule has 1 saturated carbocycles. The van der Waals surface area contributed by atoms with Gasteiger partial charge >= 0.3 is 0 Å². The first-order valence-corrected chi connectivity index (χ1v) is 7.95. The molecule has 118 valence electrons. The number of furan rings is 1. The molecule has 1 fully saturated rings. The summed E-state index contributed by atoms with van der Waals surface area (Å²) in [7, 11) is 0. The fraction of sp³-hybridized carbons (Fsp3) is 0.688. The Morgan fingerprint density at radius 2 is 2.14 bits per heavy atom. The topological polar surface area (TPSA) is 62.7 Å². The molecule has 1 aliphatic carbocycles. The van der Waals surface area contributed by atoms with Gasteiger partial charge in [-0.3, -0.25) is 9.69 Å². The van der Waals surface area contributed by atoms with E-state index in [1.807, 2.05) is 30.9 Å². The molecule has 1 unspecified atom stereocenters. The molecule has 21 heavy (non-hydrogen) atoms. The minimum atomic E-state index is 0.0932. The van der Waals surface area contributed by atoms with E-state index in [4.69, 9.17) is 10.2 Å². The number of carbonyl (C=O) groups excluding carboxylic acids is 1. The quantitative estimate of drug-likeness (QED) is 0.754. The van der Waals surface area contributed by atoms with Crippen LogP contribution in [0.1, 0.15) is 38.9 Å². The van der Waals surface area contributed by atoms with Crippen LogP contribution in [0.15, 0.2) is 22.8 Å². The molecule has 0 spiro atoms. The summed E-state index contributed by atoms with van der Waals surface area (Å²) in [6, 6.07) is 4.53. The van der Waals surface area contributed by atoms with Crippen molar-refractivity contribution in [2.75, 3.05) is 19.6 Å². The van der Waals surface area contributed by atoms with Crippen LogP contribution in [-0.2, 0) is 11.3 Å². The van der Waals surface area contributed by atoms with Crippen molar-refractivity contribution in [2.45, 2.75) is 51.7 Å². The molecule has 1 aromatic heterocycles. The first-order valence-electron chi connectivity index (χ1n) is 7.95. The third-order valence-electron chi connectivity index (χ3n) is 4.20. The normalized spacial score (nSPS) is 16.2. The molecule has 5 heteroatoms. The number of nitrogens with zero attached hydrogens (tertiary/aromatic N) is 2. The third kappa shape index (κ3) is 4.32. The maximum atomic E-state index is 12.3. The zero-order valence-electron chi connectivity index (χ0n) is 13.1. The van der Waals surface area contributed by atoms with Gasteiger partial charge in [-0.05, 0) is 38.8 Å². The van der Waals surface area contributed by atoms with E-state index in [9.17, 15) is 4.79 Å². The van der Waals surface area contributed by atoms with Gasteiger partial charge in [-0.1, -0.05) is 0 Å². The summed E-state index contributed by atoms with van der Waals surface area (Å²) >= 11 is 0. The first kappa shape index (κ1) is 16.0. The highest BCUT2D eigenvalue weighted by Gasteiger charge is 2.35. The Labute approximate surface area is 127 Å². The van der Waals surface area contributed by atoms with E-state index in [-0.39, 0.29) is 11.9 Å². The van der Waals surface area contributed by atoms with Gasteiger partial charge in [-0.2, -0.15) is 0 Å². The average molecular weight is 293 g/mol. The zero-order chi connectivity index (χ0) is 15.2. The zero-order valence-corrected chi connectivity index (χ0v) is 13.1. The van der Waals surface area contributed by atoms with Gasteiger partial charge in [0.2, 0.25) is 5.91 Å². The van der Waals surface area contributed by atoms with Crippen LogP contribution in [0, 0.1) is 0 Å². The molecule has 0 saturated heterocycles. The molecule has 1 aliphatic rings. The van der Waals surface area contributed by atoms with Gasteiger partial charge in [0.25, 0.3) is 0 Å². The largest absolute Gasteiger partial charge is 0.468 e. The lowest BCUT2D eigenvalue weighted by molar-refractivity contribution is -0.132. The van der Waals surface area contributed by atoms with Gasteiger partial charge in [0.15, 0.2) is 0 Å². The second-order valence-corrected chi connectivity index (χ2v) is 5.64. The van der Waals surface area contributed by atoms with Gasteiger partial charge < -0.3 is 15.1 Å². The van der Waals surface area contributed by atoms with Crippen LogP contribution < -0.4 is 5.73 Å². The van der Waals surface area contributed by atoms with E-state index in [1.165, 1.54) is 12.8 Å². The maximum Gasteiger partial charge on any atom is 0.224 e. The second kappa shape index (κ2) is 7.61. The molecule has 0 bridgehead atoms. The van der Waals surface area contributed by atoms with Crippen LogP contribution in [0.5, 0.6) is 0 Å². The third-order valence-corrected chi connectivity index (χ3v) is 4.20. The van der Waals surface area contributed by atoms with E-state index < -0.39 is 0 Å². The van der Waals surface area contributed by atoms with E-state index in [0.717, 1.165) is 25.4 Å². The van der Waals surface area contributed by atoms with Crippen molar-refractivity contribution in [3.05, 3.63) is 24.2 Å². The monoisotopic (exact) mass is 293 g/mol. The number of rotatable bonds is 9. The Kier molecular flexibility index (Phi) is 5.82. The molecule has 0 radical (unpaired) electrons. The maximum absolute atomic E-state index is 12.3. The molecule has 1 heterocycles. The van der Waals surface area contributed by atoms with E-state index in [0.29, 0.717) is 19.0 Å². The Hall–Kier alpha value is -1.33. The van der Waals surface area contributed by atoms with Crippen LogP contribution in [-0.4, -0.2) is 47.4 Å². The van der Waals surface area contributed by atoms with Crippen molar-refractivity contribution in [1.82, 2.24) is 9.80 Å². The SMILES string of the molecule is CCN(CC)C(=O)CC(CN)N(Cc1ccco1)C1CC1. The summed E-state index contributed by atoms with van der Waals surface area (Å²) in [4.78, 5) is 16.6. The van der Waals surface area contributed by atoms with E-state index in [1.54, 1.807) is 6.26 Å². The molecule has 1 aromatic rings. The lowest BCUT2D eigenvalue weighted by atomic mass is 10.1. The van der Waals surface area contributed by atoms with Crippen molar-refractivity contribution in [3.63, 3.8) is 0 Å². The molecule has 0 aliphatic heterocycles. The predicted octanol–water partition coefficient (Wildman–Crippen LogP) is 1.83. The standard InChI is InChI=1S/C16H27N3O2/c1-3-18(4-2)16(20)10-14(11-17)19(13-7-8-13)12-15-6-5-9-21-15/h5-6,9,13-14H,3-4,7-8,10-12,17H2,1-2H3. The Balaban J connectivity index is 2.00. The van der Waals surface area contributed by atoms with Gasteiger partial charge in [-0.15, -0.1) is 0 Å². The van der Waals surface area contributed by atoms with Crippen LogP contribution >= 0.6 is 0 Å². The molecule has 1 amide bonds. The van der Waals surface area contributed by atoms with E-state index >= 15 is 0 Å². The van der Waals surface area contributed by atoms with Crippen LogP contribution in [0.3, 0.4) is 0 Å². The second-order valence-electron chi connectivity index (χ2n) is 5.64. The molecular formula is C16H27N3O2. The van der Waals surface area contributed by atoms with Crippen LogP contribution in [0.2, 0.25) is 0 Å². The number of hydrogen-bond donors (Lipinski definition) is 1. The summed E-state index contributed by atoms with van der Waals surface area (Å²) in [5.41, 5.74) is 5.96. The smallest absolute Gasteiger partial charge is 0.224 e. The Bertz CT molecular complexity index is 425. The highest BCUT2D eigenvalue weighted by molar-refractivity contribution is 5.76. The summed E-state index contributed by atoms with van der Waals surface area (Å²) in [6.07, 6.45) is 4.57. The average Bonchev–Trinajstić information content (AvgIpc) is 3.20. The minimum absolute atomic E-state index is 0.0932. The number of nitrogens with two attached hydrogens (primary N) is 1. The molecule has 1 atom stereocenters. The first-order chi connectivity index (χ1) is 10.2. The van der Waals surface area contributed by atoms with Crippen molar-refractivity contribution in [3.8, 4) is 0 Å². The fourth-order valence-electron chi connectivity index (χ4n) is 2.79. The van der Waals surface area contributed by atoms with Gasteiger partial charge in [0.1, 0.15) is 5.76 Å². The van der Waals surface area contributed by atoms with Gasteiger partial charge in [0, 0.05) is 38.1 Å². The van der Waals surface area contributed by atoms with Crippen molar-refractivity contribution in [2.24, 2.45) is 5.73 Å². The highest BCUT2D eigenvalue weighted by atomic mass is 16.3. The summed E-state index contributed by atoms with van der Waals surface area (Å²) in [5.74, 6) is 1.14. The Morgan fingerprint density at radius 3 is 2.62 bits per heavy atom. The fourth-order valence-corrected chi connectivity index (χ4v) is 2.79. The van der Waals surface area contributed by atoms with Gasteiger partial charge in [0.05, 0.1) is 12.8 Å². The molecule has 2 rings (SSSR count). The van der Waals surface area contributed by atoms with Crippen molar-refractivity contribution < 1.29 is 9.21 Å². The molecule has 5 nitrogen and oxygen atoms in total. The lowest BCUT2D eigenvalue weighted by Gasteiger charge is -2.31. The van der Waals surface area contributed by atoms with Crippen LogP contribution in [0.25, 0.3) is 0 Å². The van der Waals surface area contributed by atoms with E-state index in [2.05, 4.69) is 4.90 Å². The Morgan fingerprint density at radius 1 is 1.43 bits per heavy atom. The van der Waals surface area contributed by atoms with Crippen molar-refractivity contribution in [1.29, 1.82) is 0 Å². The van der Waals surface area contributed by atoms with Gasteiger partial charge in [-0.25, -0.2) is 0 Å². The number of amides is 1. The molecular weight excluding hydrogens is 266 g/mol. The van der Waals surface area contributed by atoms with Crippen molar-refractivity contribution >= 4 is 5.91 Å². The minimum Gasteiger partial charge on any atom is -0.468 e.